The van der Waals surface area contributed by atoms with Crippen LogP contribution in [0.4, 0.5) is 8.78 Å². The summed E-state index contributed by atoms with van der Waals surface area (Å²) in [5.74, 6) is 0. The average Bonchev–Trinajstić information content (AvgIpc) is 2.47. The lowest BCUT2D eigenvalue weighted by atomic mass is 10.3. The third-order valence-corrected chi connectivity index (χ3v) is 2.84. The largest absolute Gasteiger partial charge is 0.304 e. The van der Waals surface area contributed by atoms with Gasteiger partial charge in [-0.05, 0) is 19.1 Å². The molecule has 0 saturated carbocycles. The van der Waals surface area contributed by atoms with E-state index in [1.165, 1.54) is 18.3 Å². The molecule has 1 nitrogen and oxygen atoms in total. The monoisotopic (exact) mass is 225 g/mol. The predicted octanol–water partition coefficient (Wildman–Crippen LogP) is 3.14. The summed E-state index contributed by atoms with van der Waals surface area (Å²) in [6, 6.07) is 2.81. The highest BCUT2D eigenvalue weighted by molar-refractivity contribution is 7.16. The van der Waals surface area contributed by atoms with Gasteiger partial charge in [0.1, 0.15) is 0 Å². The summed E-state index contributed by atoms with van der Waals surface area (Å²) >= 11 is 7.08. The van der Waals surface area contributed by atoms with Crippen LogP contribution in [-0.2, 0) is 6.54 Å². The number of thiophene rings is 1. The molecule has 0 radical (unpaired) electrons. The summed E-state index contributed by atoms with van der Waals surface area (Å²) < 4.78 is 24.8. The molecule has 1 atom stereocenters. The number of hydrogen-bond donors (Lipinski definition) is 1. The van der Waals surface area contributed by atoms with Crippen molar-refractivity contribution >= 4 is 22.9 Å². The van der Waals surface area contributed by atoms with Crippen molar-refractivity contribution < 1.29 is 8.78 Å². The highest BCUT2D eigenvalue weighted by atomic mass is 35.5. The first kappa shape index (κ1) is 10.9. The molecule has 0 fully saturated rings. The first-order valence-electron chi connectivity index (χ1n) is 3.85. The van der Waals surface area contributed by atoms with Crippen LogP contribution < -0.4 is 5.32 Å². The Balaban J connectivity index is 2.35. The SMILES string of the molecule is CC(NCc1ccc(Cl)s1)C(F)F. The normalized spacial score (nSPS) is 13.6. The quantitative estimate of drug-likeness (QED) is 0.830. The third-order valence-electron chi connectivity index (χ3n) is 1.61. The molecule has 13 heavy (non-hydrogen) atoms. The fraction of sp³-hybridized carbons (Fsp3) is 0.500. The predicted molar refractivity (Wildman–Crippen MR) is 51.6 cm³/mol. The third kappa shape index (κ3) is 3.58. The zero-order valence-electron chi connectivity index (χ0n) is 7.06. The second kappa shape index (κ2) is 4.88. The van der Waals surface area contributed by atoms with Crippen LogP contribution >= 0.6 is 22.9 Å². The van der Waals surface area contributed by atoms with Gasteiger partial charge in [-0.15, -0.1) is 11.3 Å². The van der Waals surface area contributed by atoms with Crippen molar-refractivity contribution in [1.82, 2.24) is 5.32 Å². The van der Waals surface area contributed by atoms with Gasteiger partial charge >= 0.3 is 0 Å². The van der Waals surface area contributed by atoms with Crippen LogP contribution in [0.5, 0.6) is 0 Å². The van der Waals surface area contributed by atoms with Gasteiger partial charge < -0.3 is 5.32 Å². The lowest BCUT2D eigenvalue weighted by Crippen LogP contribution is -2.31. The summed E-state index contributed by atoms with van der Waals surface area (Å²) in [6.07, 6.45) is -2.32. The maximum Gasteiger partial charge on any atom is 0.253 e. The molecular weight excluding hydrogens is 216 g/mol. The molecule has 1 rings (SSSR count). The van der Waals surface area contributed by atoms with E-state index in [1.54, 1.807) is 6.07 Å². The molecule has 0 aliphatic carbocycles. The van der Waals surface area contributed by atoms with Crippen molar-refractivity contribution in [1.29, 1.82) is 0 Å². The van der Waals surface area contributed by atoms with Crippen molar-refractivity contribution in [3.05, 3.63) is 21.3 Å². The fourth-order valence-corrected chi connectivity index (χ4v) is 1.84. The smallest absolute Gasteiger partial charge is 0.253 e. The summed E-state index contributed by atoms with van der Waals surface area (Å²) in [6.45, 7) is 1.91. The van der Waals surface area contributed by atoms with E-state index in [0.29, 0.717) is 10.9 Å². The second-order valence-electron chi connectivity index (χ2n) is 2.71. The van der Waals surface area contributed by atoms with Crippen molar-refractivity contribution in [3.63, 3.8) is 0 Å². The second-order valence-corrected chi connectivity index (χ2v) is 4.51. The summed E-state index contributed by atoms with van der Waals surface area (Å²) in [7, 11) is 0. The number of nitrogens with one attached hydrogen (secondary N) is 1. The van der Waals surface area contributed by atoms with Crippen molar-refractivity contribution in [3.8, 4) is 0 Å². The standard InChI is InChI=1S/C8H10ClF2NS/c1-5(8(10)11)12-4-6-2-3-7(9)13-6/h2-3,5,8,12H,4H2,1H3. The van der Waals surface area contributed by atoms with E-state index in [-0.39, 0.29) is 0 Å². The van der Waals surface area contributed by atoms with Crippen LogP contribution in [0.15, 0.2) is 12.1 Å². The highest BCUT2D eigenvalue weighted by Gasteiger charge is 2.13. The maximum atomic E-state index is 12.1. The van der Waals surface area contributed by atoms with E-state index in [9.17, 15) is 8.78 Å². The van der Waals surface area contributed by atoms with Crippen LogP contribution in [0, 0.1) is 0 Å². The first-order chi connectivity index (χ1) is 6.09. The topological polar surface area (TPSA) is 12.0 Å². The van der Waals surface area contributed by atoms with Crippen molar-refractivity contribution in [2.24, 2.45) is 0 Å². The van der Waals surface area contributed by atoms with Crippen LogP contribution in [0.2, 0.25) is 4.34 Å². The zero-order chi connectivity index (χ0) is 9.84. The van der Waals surface area contributed by atoms with E-state index in [0.717, 1.165) is 4.88 Å². The van der Waals surface area contributed by atoms with Gasteiger partial charge in [-0.1, -0.05) is 11.6 Å². The summed E-state index contributed by atoms with van der Waals surface area (Å²) in [4.78, 5) is 0.970. The molecule has 0 bridgehead atoms. The van der Waals surface area contributed by atoms with Gasteiger partial charge in [0.2, 0.25) is 0 Å². The van der Waals surface area contributed by atoms with Gasteiger partial charge in [0.25, 0.3) is 6.43 Å². The molecule has 5 heteroatoms. The Kier molecular flexibility index (Phi) is 4.09. The fourth-order valence-electron chi connectivity index (χ4n) is 0.797. The minimum Gasteiger partial charge on any atom is -0.304 e. The molecule has 1 N–H and O–H groups in total. The van der Waals surface area contributed by atoms with Crippen LogP contribution in [0.1, 0.15) is 11.8 Å². The zero-order valence-corrected chi connectivity index (χ0v) is 8.63. The molecular formula is C8H10ClF2NS. The van der Waals surface area contributed by atoms with Gasteiger partial charge in [0.05, 0.1) is 10.4 Å². The van der Waals surface area contributed by atoms with Crippen LogP contribution in [0.25, 0.3) is 0 Å². The lowest BCUT2D eigenvalue weighted by molar-refractivity contribution is 0.105. The molecule has 0 aromatic carbocycles. The van der Waals surface area contributed by atoms with Gasteiger partial charge in [0, 0.05) is 11.4 Å². The molecule has 0 aliphatic heterocycles. The Morgan fingerprint density at radius 1 is 1.54 bits per heavy atom. The Bertz CT molecular complexity index is 264. The van der Waals surface area contributed by atoms with Crippen LogP contribution in [0.3, 0.4) is 0 Å². The summed E-state index contributed by atoms with van der Waals surface area (Å²) in [5.41, 5.74) is 0. The van der Waals surface area contributed by atoms with E-state index in [4.69, 9.17) is 11.6 Å². The van der Waals surface area contributed by atoms with E-state index in [1.807, 2.05) is 6.07 Å². The lowest BCUT2D eigenvalue weighted by Gasteiger charge is -2.10. The Labute approximate surface area is 84.7 Å². The molecule has 1 aromatic heterocycles. The molecule has 1 aromatic rings. The minimum absolute atomic E-state index is 0.447. The Morgan fingerprint density at radius 3 is 2.69 bits per heavy atom. The van der Waals surface area contributed by atoms with Gasteiger partial charge in [-0.2, -0.15) is 0 Å². The average molecular weight is 226 g/mol. The number of rotatable bonds is 4. The number of hydrogen-bond acceptors (Lipinski definition) is 2. The van der Waals surface area contributed by atoms with Crippen molar-refractivity contribution in [2.45, 2.75) is 25.9 Å². The number of halogens is 3. The van der Waals surface area contributed by atoms with E-state index in [2.05, 4.69) is 5.32 Å². The van der Waals surface area contributed by atoms with Gasteiger partial charge in [-0.25, -0.2) is 8.78 Å². The van der Waals surface area contributed by atoms with E-state index < -0.39 is 12.5 Å². The minimum atomic E-state index is -2.32. The van der Waals surface area contributed by atoms with Gasteiger partial charge in [0.15, 0.2) is 0 Å². The molecule has 1 heterocycles. The molecule has 1 unspecified atom stereocenters. The van der Waals surface area contributed by atoms with Crippen molar-refractivity contribution in [2.75, 3.05) is 0 Å². The molecule has 0 saturated heterocycles. The maximum absolute atomic E-state index is 12.1. The number of alkyl halides is 2. The molecule has 0 aliphatic rings. The van der Waals surface area contributed by atoms with Gasteiger partial charge in [-0.3, -0.25) is 0 Å². The Hall–Kier alpha value is -0.190. The highest BCUT2D eigenvalue weighted by Crippen LogP contribution is 2.21. The van der Waals surface area contributed by atoms with Crippen LogP contribution in [-0.4, -0.2) is 12.5 Å². The van der Waals surface area contributed by atoms with E-state index >= 15 is 0 Å². The molecule has 0 spiro atoms. The molecule has 0 amide bonds. The Morgan fingerprint density at radius 2 is 2.23 bits per heavy atom. The summed E-state index contributed by atoms with van der Waals surface area (Å²) in [5, 5.41) is 2.71. The first-order valence-corrected chi connectivity index (χ1v) is 5.05. The molecule has 74 valence electrons.